The lowest BCUT2D eigenvalue weighted by atomic mass is 9.78. The first-order valence-corrected chi connectivity index (χ1v) is 49.1. The average molecular weight is 1610 g/mol. The van der Waals surface area contributed by atoms with Crippen LogP contribution < -0.4 is 0 Å². The predicted molar refractivity (Wildman–Crippen MR) is 493 cm³/mol. The van der Waals surface area contributed by atoms with E-state index >= 15 is 0 Å². The maximum Gasteiger partial charge on any atom is 0.166 e. The fourth-order valence-corrected chi connectivity index (χ4v) is 27.8. The molecule has 0 spiro atoms. The van der Waals surface area contributed by atoms with Crippen molar-refractivity contribution in [1.29, 1.82) is 0 Å². The SMILES string of the molecule is CCC1CCCCN1Cc1ccc([S+](c2ccccc2)c2ccccc2)cc1.CCC1CCCCN1Cc1cccc([S+](c2ccccc2)c2ccccc2)c1.c1ccc([S+](c2ccccc2)c2ccc(CN3CCCC4CCCCC43)cc2)cc1.c1ccc([S+](c2ccccc2)c2cccc(CN3CCCC4CCCCC43)c2)cc1. The van der Waals surface area contributed by atoms with Crippen LogP contribution in [0.3, 0.4) is 0 Å². The van der Waals surface area contributed by atoms with Gasteiger partial charge in [0.15, 0.2) is 58.7 Å². The molecule has 12 aromatic rings. The molecule has 6 aliphatic rings. The molecule has 6 fully saturated rings. The van der Waals surface area contributed by atoms with Gasteiger partial charge < -0.3 is 0 Å². The molecule has 2 aliphatic carbocycles. The Balaban J connectivity index is 0.000000121. The van der Waals surface area contributed by atoms with Crippen molar-refractivity contribution in [3.63, 3.8) is 0 Å². The summed E-state index contributed by atoms with van der Waals surface area (Å²) >= 11 is 0. The summed E-state index contributed by atoms with van der Waals surface area (Å²) in [6, 6.07) is 128. The summed E-state index contributed by atoms with van der Waals surface area (Å²) in [6.07, 6.45) is 27.8. The van der Waals surface area contributed by atoms with Gasteiger partial charge in [-0.25, -0.2) is 0 Å². The molecule has 18 rings (SSSR count). The summed E-state index contributed by atoms with van der Waals surface area (Å²) in [5, 5.41) is 0. The van der Waals surface area contributed by atoms with Crippen molar-refractivity contribution in [2.75, 3.05) is 26.2 Å². The van der Waals surface area contributed by atoms with Crippen LogP contribution in [0.4, 0.5) is 0 Å². The van der Waals surface area contributed by atoms with Gasteiger partial charge in [0.25, 0.3) is 0 Å². The van der Waals surface area contributed by atoms with Gasteiger partial charge in [0.1, 0.15) is 0 Å². The first kappa shape index (κ1) is 83.0. The molecule has 0 radical (unpaired) electrons. The molecular weight excluding hydrogens is 1480 g/mol. The van der Waals surface area contributed by atoms with E-state index in [1.54, 1.807) is 0 Å². The quantitative estimate of drug-likeness (QED) is 0.0627. The lowest BCUT2D eigenvalue weighted by molar-refractivity contribution is 0.0546. The average Bonchev–Trinajstić information content (AvgIpc) is 0.821. The minimum absolute atomic E-state index is 0.0498. The predicted octanol–water partition coefficient (Wildman–Crippen LogP) is 27.0. The molecule has 6 atom stereocenters. The van der Waals surface area contributed by atoms with Gasteiger partial charge in [0, 0.05) is 50.3 Å². The Hall–Kier alpha value is -8.12. The highest BCUT2D eigenvalue weighted by Crippen LogP contribution is 2.41. The van der Waals surface area contributed by atoms with Gasteiger partial charge in [-0.3, -0.25) is 19.6 Å². The van der Waals surface area contributed by atoms with Gasteiger partial charge >= 0.3 is 0 Å². The van der Waals surface area contributed by atoms with E-state index < -0.39 is 0 Å². The summed E-state index contributed by atoms with van der Waals surface area (Å²) < 4.78 is 0. The number of piperidine rings is 4. The summed E-state index contributed by atoms with van der Waals surface area (Å²) in [4.78, 5) is 27.7. The minimum Gasteiger partial charge on any atom is -0.296 e. The lowest BCUT2D eigenvalue weighted by Gasteiger charge is -2.44. The molecule has 2 saturated carbocycles. The van der Waals surface area contributed by atoms with Crippen LogP contribution in [0.2, 0.25) is 0 Å². The second kappa shape index (κ2) is 43.5. The van der Waals surface area contributed by atoms with Crippen LogP contribution >= 0.6 is 0 Å². The molecule has 0 aromatic heterocycles. The number of hydrogen-bond acceptors (Lipinski definition) is 4. The Kier molecular flexibility index (Phi) is 31.1. The third-order valence-electron chi connectivity index (χ3n) is 25.1. The standard InChI is InChI=1S/2C28H32NS.2C26H30NS/c1-3-14-25(15-4-1)30(26-16-5-2-6-17-26)27-18-9-11-23(21-27)22-29-20-10-13-24-12-7-8-19-28(24)29;1-3-12-25(13-4-1)30(26-14-5-2-6-15-26)27-19-17-23(18-20-27)22-29-21-9-11-24-10-7-8-16-28(24)29;1-2-23-13-9-10-19-27(23)21-22-12-11-18-26(20-22)28(24-14-5-3-6-15-24)25-16-7-4-8-17-25;1-2-23-11-9-10-20-27(23)21-22-16-18-26(19-17-22)28(24-12-5-3-6-13-24)25-14-7-4-8-15-25/h1-6,9,11,14-18,21,24,28H,7-8,10,12-13,19-20,22H2;1-6,12-15,17-20,24,28H,7-11,16,21-22H2;3-8,11-12,14-18,20,23H,2,9-10,13,19,21H2,1H3;3-8,12-19,23H,2,9-11,20-21H2,1H3/q4*+1. The van der Waals surface area contributed by atoms with E-state index in [9.17, 15) is 0 Å². The van der Waals surface area contributed by atoms with Gasteiger partial charge in [-0.1, -0.05) is 246 Å². The zero-order chi connectivity index (χ0) is 78.7. The Morgan fingerprint density at radius 1 is 0.207 bits per heavy atom. The Morgan fingerprint density at radius 2 is 0.440 bits per heavy atom. The first-order chi connectivity index (χ1) is 57.5. The second-order valence-electron chi connectivity index (χ2n) is 32.8. The third kappa shape index (κ3) is 22.4. The van der Waals surface area contributed by atoms with Gasteiger partial charge in [-0.05, 0) is 296 Å². The third-order valence-corrected chi connectivity index (χ3v) is 34.0. The van der Waals surface area contributed by atoms with Crippen LogP contribution in [0.25, 0.3) is 0 Å². The Bertz CT molecular complexity index is 4630. The van der Waals surface area contributed by atoms with Crippen molar-refractivity contribution in [1.82, 2.24) is 19.6 Å². The van der Waals surface area contributed by atoms with Crippen LogP contribution in [0.1, 0.15) is 165 Å². The zero-order valence-electron chi connectivity index (χ0n) is 69.0. The fourth-order valence-electron chi connectivity index (χ4n) is 19.3. The number of fused-ring (bicyclic) bond motifs is 2. The van der Waals surface area contributed by atoms with E-state index in [1.807, 2.05) is 0 Å². The normalized spacial score (nSPS) is 19.9. The summed E-state index contributed by atoms with van der Waals surface area (Å²) in [7, 11) is -0.220. The van der Waals surface area contributed by atoms with Crippen LogP contribution in [0.15, 0.2) is 398 Å². The zero-order valence-corrected chi connectivity index (χ0v) is 72.3. The van der Waals surface area contributed by atoms with Crippen molar-refractivity contribution in [2.45, 2.75) is 251 Å². The number of nitrogens with zero attached hydrogens (tertiary/aromatic N) is 4. The maximum absolute atomic E-state index is 2.80. The van der Waals surface area contributed by atoms with Crippen molar-refractivity contribution in [3.05, 3.63) is 362 Å². The van der Waals surface area contributed by atoms with Crippen molar-refractivity contribution in [2.24, 2.45) is 11.8 Å². The largest absolute Gasteiger partial charge is 0.296 e. The highest BCUT2D eigenvalue weighted by molar-refractivity contribution is 7.98. The second-order valence-corrected chi connectivity index (χ2v) is 40.9. The molecule has 0 N–H and O–H groups in total. The molecule has 4 saturated heterocycles. The molecule has 4 heterocycles. The van der Waals surface area contributed by atoms with E-state index in [0.717, 1.165) is 62.2 Å². The number of hydrogen-bond donors (Lipinski definition) is 0. The van der Waals surface area contributed by atoms with Crippen molar-refractivity contribution >= 4 is 43.6 Å². The lowest BCUT2D eigenvalue weighted by Crippen LogP contribution is -2.46. The van der Waals surface area contributed by atoms with Gasteiger partial charge in [-0.15, -0.1) is 0 Å². The number of rotatable bonds is 22. The van der Waals surface area contributed by atoms with Crippen LogP contribution in [0, 0.1) is 11.8 Å². The van der Waals surface area contributed by atoms with Crippen molar-refractivity contribution < 1.29 is 0 Å². The molecule has 4 nitrogen and oxygen atoms in total. The van der Waals surface area contributed by atoms with Crippen LogP contribution in [0.5, 0.6) is 0 Å². The van der Waals surface area contributed by atoms with Crippen LogP contribution in [-0.4, -0.2) is 69.9 Å². The molecule has 6 unspecified atom stereocenters. The topological polar surface area (TPSA) is 13.0 Å². The van der Waals surface area contributed by atoms with Crippen LogP contribution in [-0.2, 0) is 69.8 Å². The molecule has 4 aliphatic heterocycles. The first-order valence-electron chi connectivity index (χ1n) is 44.2. The van der Waals surface area contributed by atoms with E-state index in [4.69, 9.17) is 0 Å². The molecule has 116 heavy (non-hydrogen) atoms. The maximum atomic E-state index is 2.80. The summed E-state index contributed by atoms with van der Waals surface area (Å²) in [6.45, 7) is 14.1. The Morgan fingerprint density at radius 3 is 0.750 bits per heavy atom. The van der Waals surface area contributed by atoms with E-state index in [-0.39, 0.29) is 43.6 Å². The molecule has 8 heteroatoms. The van der Waals surface area contributed by atoms with Gasteiger partial charge in [-0.2, -0.15) is 0 Å². The summed E-state index contributed by atoms with van der Waals surface area (Å²) in [5.41, 5.74) is 5.83. The molecule has 0 amide bonds. The monoisotopic (exact) mass is 1600 g/mol. The number of benzene rings is 12. The molecule has 596 valence electrons. The van der Waals surface area contributed by atoms with Gasteiger partial charge in [0.2, 0.25) is 0 Å². The van der Waals surface area contributed by atoms with E-state index in [1.165, 1.54) is 236 Å². The smallest absolute Gasteiger partial charge is 0.166 e. The molecule has 12 aromatic carbocycles. The minimum atomic E-state index is -0.0605. The van der Waals surface area contributed by atoms with Crippen molar-refractivity contribution in [3.8, 4) is 0 Å². The highest BCUT2D eigenvalue weighted by atomic mass is 32.2. The highest BCUT2D eigenvalue weighted by Gasteiger charge is 2.38. The molecular formula is C108H124N4S4+4. The van der Waals surface area contributed by atoms with E-state index in [2.05, 4.69) is 373 Å². The van der Waals surface area contributed by atoms with E-state index in [0.29, 0.717) is 0 Å². The van der Waals surface area contributed by atoms with Gasteiger partial charge in [0.05, 0.1) is 43.6 Å². The Labute approximate surface area is 709 Å². The fraction of sp³-hybridized carbons (Fsp3) is 0.333. The number of likely N-dealkylation sites (tertiary alicyclic amines) is 4. The molecule has 0 bridgehead atoms. The summed E-state index contributed by atoms with van der Waals surface area (Å²) in [5.74, 6) is 1.90.